The molecule has 2 aromatic rings. The van der Waals surface area contributed by atoms with Crippen molar-refractivity contribution < 1.29 is 14.3 Å². The predicted molar refractivity (Wildman–Crippen MR) is 107 cm³/mol. The molecule has 1 aromatic heterocycles. The van der Waals surface area contributed by atoms with Crippen molar-refractivity contribution in [3.8, 4) is 6.07 Å². The monoisotopic (exact) mass is 378 g/mol. The standard InChI is InChI=1S/C21H22N4O3/c1-3-4-11-28-21(27)18-7-5-6-8-19(18)25-20(26)16(12-22)13-24-17-10-9-15(2)23-14-17/h5-10,13-14,24H,3-4,11H2,1-2H3,(H,25,26)/b16-13-. The molecular formula is C21H22N4O3. The normalized spacial score (nSPS) is 10.7. The smallest absolute Gasteiger partial charge is 0.340 e. The zero-order valence-electron chi connectivity index (χ0n) is 15.9. The molecule has 0 saturated carbocycles. The van der Waals surface area contributed by atoms with Crippen LogP contribution in [0.3, 0.4) is 0 Å². The molecule has 7 heteroatoms. The number of hydrogen-bond acceptors (Lipinski definition) is 6. The zero-order chi connectivity index (χ0) is 20.4. The van der Waals surface area contributed by atoms with Crippen LogP contribution < -0.4 is 10.6 Å². The number of nitriles is 1. The Hall–Kier alpha value is -3.66. The van der Waals surface area contributed by atoms with E-state index in [1.54, 1.807) is 36.5 Å². The Labute approximate surface area is 164 Å². The number of amides is 1. The summed E-state index contributed by atoms with van der Waals surface area (Å²) in [6.07, 6.45) is 4.57. The molecule has 1 aromatic carbocycles. The summed E-state index contributed by atoms with van der Waals surface area (Å²) < 4.78 is 5.20. The van der Waals surface area contributed by atoms with Gasteiger partial charge in [-0.1, -0.05) is 25.5 Å². The number of carbonyl (C=O) groups is 2. The minimum absolute atomic E-state index is 0.144. The molecule has 2 N–H and O–H groups in total. The molecule has 0 unspecified atom stereocenters. The molecule has 144 valence electrons. The van der Waals surface area contributed by atoms with Gasteiger partial charge in [-0.2, -0.15) is 5.26 Å². The summed E-state index contributed by atoms with van der Waals surface area (Å²) in [7, 11) is 0. The Morgan fingerprint density at radius 1 is 1.25 bits per heavy atom. The van der Waals surface area contributed by atoms with Crippen LogP contribution in [0.15, 0.2) is 54.4 Å². The second-order valence-corrected chi connectivity index (χ2v) is 5.99. The highest BCUT2D eigenvalue weighted by Crippen LogP contribution is 2.17. The molecule has 0 aliphatic carbocycles. The van der Waals surface area contributed by atoms with Crippen LogP contribution in [0.5, 0.6) is 0 Å². The highest BCUT2D eigenvalue weighted by atomic mass is 16.5. The van der Waals surface area contributed by atoms with Gasteiger partial charge in [0.2, 0.25) is 0 Å². The summed E-state index contributed by atoms with van der Waals surface area (Å²) in [5.74, 6) is -1.15. The second-order valence-electron chi connectivity index (χ2n) is 5.99. The van der Waals surface area contributed by atoms with E-state index in [1.807, 2.05) is 26.0 Å². The first-order valence-corrected chi connectivity index (χ1v) is 8.92. The van der Waals surface area contributed by atoms with Crippen molar-refractivity contribution in [2.24, 2.45) is 0 Å². The van der Waals surface area contributed by atoms with Crippen LogP contribution in [0.25, 0.3) is 0 Å². The van der Waals surface area contributed by atoms with E-state index in [9.17, 15) is 14.9 Å². The van der Waals surface area contributed by atoms with E-state index in [-0.39, 0.29) is 16.8 Å². The number of ether oxygens (including phenoxy) is 1. The van der Waals surface area contributed by atoms with Gasteiger partial charge in [0.05, 0.1) is 29.7 Å². The summed E-state index contributed by atoms with van der Waals surface area (Å²) in [5, 5.41) is 14.7. The fraction of sp³-hybridized carbons (Fsp3) is 0.238. The van der Waals surface area contributed by atoms with Gasteiger partial charge in [-0.3, -0.25) is 9.78 Å². The largest absolute Gasteiger partial charge is 0.462 e. The van der Waals surface area contributed by atoms with Crippen LogP contribution in [-0.2, 0) is 9.53 Å². The summed E-state index contributed by atoms with van der Waals surface area (Å²) in [6.45, 7) is 4.17. The number of para-hydroxylation sites is 1. The minimum atomic E-state index is -0.635. The molecule has 0 spiro atoms. The summed E-state index contributed by atoms with van der Waals surface area (Å²) >= 11 is 0. The summed E-state index contributed by atoms with van der Waals surface area (Å²) in [4.78, 5) is 28.8. The molecular weight excluding hydrogens is 356 g/mol. The van der Waals surface area contributed by atoms with Crippen molar-refractivity contribution in [2.75, 3.05) is 17.2 Å². The van der Waals surface area contributed by atoms with Crippen molar-refractivity contribution in [2.45, 2.75) is 26.7 Å². The van der Waals surface area contributed by atoms with Gasteiger partial charge in [-0.25, -0.2) is 4.79 Å². The Morgan fingerprint density at radius 3 is 2.71 bits per heavy atom. The number of esters is 1. The van der Waals surface area contributed by atoms with Crippen molar-refractivity contribution in [1.82, 2.24) is 4.98 Å². The number of rotatable bonds is 8. The predicted octanol–water partition coefficient (Wildman–Crippen LogP) is 3.81. The van der Waals surface area contributed by atoms with Gasteiger partial charge in [0.15, 0.2) is 0 Å². The maximum absolute atomic E-state index is 12.4. The van der Waals surface area contributed by atoms with Gasteiger partial charge in [0.25, 0.3) is 5.91 Å². The first-order chi connectivity index (χ1) is 13.5. The molecule has 0 atom stereocenters. The van der Waals surface area contributed by atoms with Gasteiger partial charge in [-0.05, 0) is 37.6 Å². The fourth-order valence-corrected chi connectivity index (χ4v) is 2.20. The Bertz CT molecular complexity index is 899. The Balaban J connectivity index is 2.10. The molecule has 0 aliphatic rings. The van der Waals surface area contributed by atoms with Gasteiger partial charge in [0, 0.05) is 11.9 Å². The van der Waals surface area contributed by atoms with Crippen molar-refractivity contribution in [3.63, 3.8) is 0 Å². The molecule has 0 fully saturated rings. The number of hydrogen-bond donors (Lipinski definition) is 2. The topological polar surface area (TPSA) is 104 Å². The fourth-order valence-electron chi connectivity index (χ4n) is 2.20. The van der Waals surface area contributed by atoms with Crippen LogP contribution in [0.4, 0.5) is 11.4 Å². The third-order valence-corrected chi connectivity index (χ3v) is 3.79. The number of benzene rings is 1. The average molecular weight is 378 g/mol. The second kappa shape index (κ2) is 10.5. The lowest BCUT2D eigenvalue weighted by atomic mass is 10.1. The molecule has 0 saturated heterocycles. The van der Waals surface area contributed by atoms with E-state index in [1.165, 1.54) is 6.20 Å². The number of aromatic nitrogens is 1. The van der Waals surface area contributed by atoms with Crippen LogP contribution >= 0.6 is 0 Å². The molecule has 0 bridgehead atoms. The van der Waals surface area contributed by atoms with Crippen molar-refractivity contribution in [3.05, 3.63) is 65.6 Å². The number of unbranched alkanes of at least 4 members (excludes halogenated alkanes) is 1. The molecule has 0 aliphatic heterocycles. The highest BCUT2D eigenvalue weighted by Gasteiger charge is 2.16. The molecule has 2 rings (SSSR count). The van der Waals surface area contributed by atoms with Crippen molar-refractivity contribution >= 4 is 23.3 Å². The quantitative estimate of drug-likeness (QED) is 0.313. The maximum Gasteiger partial charge on any atom is 0.340 e. The number of nitrogens with one attached hydrogen (secondary N) is 2. The van der Waals surface area contributed by atoms with Crippen LogP contribution in [0.1, 0.15) is 35.8 Å². The summed E-state index contributed by atoms with van der Waals surface area (Å²) in [5.41, 5.74) is 1.88. The lowest BCUT2D eigenvalue weighted by Crippen LogP contribution is -2.18. The van der Waals surface area contributed by atoms with E-state index in [0.717, 1.165) is 18.5 Å². The maximum atomic E-state index is 12.4. The number of pyridine rings is 1. The number of anilines is 2. The lowest BCUT2D eigenvalue weighted by Gasteiger charge is -2.10. The zero-order valence-corrected chi connectivity index (χ0v) is 15.9. The molecule has 7 nitrogen and oxygen atoms in total. The van der Waals surface area contributed by atoms with Gasteiger partial charge in [0.1, 0.15) is 11.6 Å². The first-order valence-electron chi connectivity index (χ1n) is 8.92. The molecule has 1 heterocycles. The van der Waals surface area contributed by atoms with E-state index in [4.69, 9.17) is 4.74 Å². The highest BCUT2D eigenvalue weighted by molar-refractivity contribution is 6.09. The van der Waals surface area contributed by atoms with Gasteiger partial charge in [-0.15, -0.1) is 0 Å². The first kappa shape index (κ1) is 20.6. The molecule has 0 radical (unpaired) electrons. The number of aryl methyl sites for hydroxylation is 1. The van der Waals surface area contributed by atoms with Crippen molar-refractivity contribution in [1.29, 1.82) is 5.26 Å². The van der Waals surface area contributed by atoms with E-state index >= 15 is 0 Å². The SMILES string of the molecule is CCCCOC(=O)c1ccccc1NC(=O)/C(C#N)=C\Nc1ccc(C)nc1. The van der Waals surface area contributed by atoms with Crippen LogP contribution in [0, 0.1) is 18.3 Å². The number of nitrogens with zero attached hydrogens (tertiary/aromatic N) is 2. The van der Waals surface area contributed by atoms with E-state index in [2.05, 4.69) is 15.6 Å². The third kappa shape index (κ3) is 5.95. The molecule has 1 amide bonds. The average Bonchev–Trinajstić information content (AvgIpc) is 2.70. The van der Waals surface area contributed by atoms with Crippen LogP contribution in [0.2, 0.25) is 0 Å². The van der Waals surface area contributed by atoms with Gasteiger partial charge >= 0.3 is 5.97 Å². The van der Waals surface area contributed by atoms with E-state index in [0.29, 0.717) is 12.3 Å². The lowest BCUT2D eigenvalue weighted by molar-refractivity contribution is -0.112. The molecule has 28 heavy (non-hydrogen) atoms. The minimum Gasteiger partial charge on any atom is -0.462 e. The van der Waals surface area contributed by atoms with Gasteiger partial charge < -0.3 is 15.4 Å². The van der Waals surface area contributed by atoms with E-state index < -0.39 is 11.9 Å². The third-order valence-electron chi connectivity index (χ3n) is 3.79. The Kier molecular flexibility index (Phi) is 7.73. The Morgan fingerprint density at radius 2 is 2.04 bits per heavy atom. The number of carbonyl (C=O) groups excluding carboxylic acids is 2. The van der Waals surface area contributed by atoms with Crippen LogP contribution in [-0.4, -0.2) is 23.5 Å². The summed E-state index contributed by atoms with van der Waals surface area (Å²) in [6, 6.07) is 12.0.